The molecule has 11 nitrogen and oxygen atoms in total. The third kappa shape index (κ3) is 10.5. The summed E-state index contributed by atoms with van der Waals surface area (Å²) in [6.07, 6.45) is -0.0653. The molecule has 0 aliphatic rings. The second-order valence-corrected chi connectivity index (χ2v) is 7.73. The van der Waals surface area contributed by atoms with E-state index in [1.807, 2.05) is 60.7 Å². The molecule has 0 aromatic heterocycles. The van der Waals surface area contributed by atoms with Crippen molar-refractivity contribution in [2.24, 2.45) is 10.8 Å². The van der Waals surface area contributed by atoms with Crippen molar-refractivity contribution in [2.75, 3.05) is 13.1 Å². The van der Waals surface area contributed by atoms with Crippen LogP contribution in [0.15, 0.2) is 65.8 Å². The molecule has 0 fully saturated rings. The maximum Gasteiger partial charge on any atom is 0.408 e. The molecule has 6 N–H and O–H groups in total. The fraction of sp³-hybridized carbons (Fsp3) is 0.333. The van der Waals surface area contributed by atoms with E-state index in [-0.39, 0.29) is 26.0 Å². The molecule has 0 spiro atoms. The van der Waals surface area contributed by atoms with Crippen molar-refractivity contribution in [3.05, 3.63) is 71.8 Å². The first-order chi connectivity index (χ1) is 16.9. The van der Waals surface area contributed by atoms with Gasteiger partial charge in [-0.2, -0.15) is 5.11 Å². The molecule has 2 aromatic carbocycles. The summed E-state index contributed by atoms with van der Waals surface area (Å²) in [5.74, 6) is -1.05. The van der Waals surface area contributed by atoms with E-state index < -0.39 is 42.4 Å². The molecule has 0 radical (unpaired) electrons. The lowest BCUT2D eigenvalue weighted by Gasteiger charge is -2.22. The Kier molecular flexibility index (Phi) is 11.4. The van der Waals surface area contributed by atoms with Crippen LogP contribution in [0, 0.1) is 5.53 Å². The molecule has 0 aliphatic heterocycles. The van der Waals surface area contributed by atoms with Crippen molar-refractivity contribution < 1.29 is 23.9 Å². The standard InChI is InChI=1S/C24H30N6O5/c25-23(33)27-13-7-12-19(21(31)15-28-26)29-22(32)20(14-17-8-3-1-4-9-17)30-24(34)35-16-18-10-5-2-6-11-18/h1-6,8-11,19-20,26H,7,12-16H2,(H,29,32)(H,30,34)(H3,25,27,33). The minimum absolute atomic E-state index is 0.0331. The zero-order valence-corrected chi connectivity index (χ0v) is 19.2. The van der Waals surface area contributed by atoms with Gasteiger partial charge in [0.2, 0.25) is 5.91 Å². The minimum atomic E-state index is -1.02. The molecule has 0 aliphatic carbocycles. The number of amides is 4. The van der Waals surface area contributed by atoms with Gasteiger partial charge in [0.1, 0.15) is 19.2 Å². The van der Waals surface area contributed by atoms with Crippen LogP contribution in [0.3, 0.4) is 0 Å². The maximum absolute atomic E-state index is 13.1. The van der Waals surface area contributed by atoms with Gasteiger partial charge in [-0.05, 0) is 24.0 Å². The predicted molar refractivity (Wildman–Crippen MR) is 127 cm³/mol. The van der Waals surface area contributed by atoms with Gasteiger partial charge in [0.05, 0.1) is 6.04 Å². The zero-order valence-electron chi connectivity index (χ0n) is 19.2. The van der Waals surface area contributed by atoms with Crippen molar-refractivity contribution in [3.8, 4) is 0 Å². The van der Waals surface area contributed by atoms with Gasteiger partial charge in [-0.25, -0.2) is 15.1 Å². The van der Waals surface area contributed by atoms with Gasteiger partial charge < -0.3 is 26.4 Å². The van der Waals surface area contributed by atoms with Gasteiger partial charge in [0.15, 0.2) is 5.78 Å². The zero-order chi connectivity index (χ0) is 25.5. The van der Waals surface area contributed by atoms with E-state index in [1.54, 1.807) is 0 Å². The summed E-state index contributed by atoms with van der Waals surface area (Å²) in [7, 11) is 0. The number of ketones is 1. The molecule has 0 saturated carbocycles. The molecule has 11 heteroatoms. The Labute approximate surface area is 203 Å². The average molecular weight is 483 g/mol. The lowest BCUT2D eigenvalue weighted by molar-refractivity contribution is -0.128. The monoisotopic (exact) mass is 482 g/mol. The van der Waals surface area contributed by atoms with E-state index in [2.05, 4.69) is 21.1 Å². The quantitative estimate of drug-likeness (QED) is 0.204. The SMILES string of the molecule is N=NCC(=O)C(CCCNC(N)=O)NC(=O)C(Cc1ccccc1)NC(=O)OCc1ccccc1. The number of nitrogens with zero attached hydrogens (tertiary/aromatic N) is 1. The normalized spacial score (nSPS) is 12.0. The van der Waals surface area contributed by atoms with Gasteiger partial charge in [-0.3, -0.25) is 9.59 Å². The number of rotatable bonds is 14. The van der Waals surface area contributed by atoms with Gasteiger partial charge in [-0.15, -0.1) is 0 Å². The smallest absolute Gasteiger partial charge is 0.408 e. The van der Waals surface area contributed by atoms with Crippen LogP contribution in [0.25, 0.3) is 0 Å². The third-order valence-corrected chi connectivity index (χ3v) is 5.01. The number of Topliss-reactive ketones (excluding diaryl/α,β-unsaturated/α-hetero) is 1. The molecule has 0 saturated heterocycles. The summed E-state index contributed by atoms with van der Waals surface area (Å²) in [6.45, 7) is -0.153. The molecule has 4 amide bonds. The van der Waals surface area contributed by atoms with Crippen LogP contribution in [0.1, 0.15) is 24.0 Å². The first kappa shape index (κ1) is 27.0. The minimum Gasteiger partial charge on any atom is -0.445 e. The third-order valence-electron chi connectivity index (χ3n) is 5.01. The number of ether oxygens (including phenoxy) is 1. The van der Waals surface area contributed by atoms with E-state index in [4.69, 9.17) is 16.0 Å². The number of primary amides is 1. The Hall–Kier alpha value is -4.28. The highest BCUT2D eigenvalue weighted by Crippen LogP contribution is 2.07. The molecule has 0 bridgehead atoms. The molecule has 2 unspecified atom stereocenters. The first-order valence-corrected chi connectivity index (χ1v) is 11.1. The second-order valence-electron chi connectivity index (χ2n) is 7.73. The summed E-state index contributed by atoms with van der Waals surface area (Å²) in [5.41, 5.74) is 13.6. The Balaban J connectivity index is 2.07. The summed E-state index contributed by atoms with van der Waals surface area (Å²) < 4.78 is 5.25. The Morgan fingerprint density at radius 2 is 1.54 bits per heavy atom. The van der Waals surface area contributed by atoms with E-state index >= 15 is 0 Å². The Morgan fingerprint density at radius 1 is 0.914 bits per heavy atom. The van der Waals surface area contributed by atoms with E-state index in [9.17, 15) is 19.2 Å². The lowest BCUT2D eigenvalue weighted by atomic mass is 10.0. The van der Waals surface area contributed by atoms with Crippen LogP contribution >= 0.6 is 0 Å². The number of benzene rings is 2. The van der Waals surface area contributed by atoms with Crippen LogP contribution in [0.4, 0.5) is 9.59 Å². The highest BCUT2D eigenvalue weighted by molar-refractivity contribution is 5.93. The maximum atomic E-state index is 13.1. The number of nitrogens with one attached hydrogen (secondary N) is 4. The summed E-state index contributed by atoms with van der Waals surface area (Å²) >= 11 is 0. The Morgan fingerprint density at radius 3 is 2.14 bits per heavy atom. The second kappa shape index (κ2) is 14.8. The molecule has 2 rings (SSSR count). The van der Waals surface area contributed by atoms with Crippen molar-refractivity contribution in [1.82, 2.24) is 16.0 Å². The number of hydrogen-bond acceptors (Lipinski definition) is 7. The van der Waals surface area contributed by atoms with Crippen LogP contribution in [0.5, 0.6) is 0 Å². The van der Waals surface area contributed by atoms with Crippen molar-refractivity contribution in [1.29, 1.82) is 5.53 Å². The molecular weight excluding hydrogens is 452 g/mol. The topological polar surface area (TPSA) is 176 Å². The number of carbonyl (C=O) groups excluding carboxylic acids is 4. The van der Waals surface area contributed by atoms with E-state index in [0.29, 0.717) is 6.42 Å². The number of hydrogen-bond donors (Lipinski definition) is 5. The molecule has 35 heavy (non-hydrogen) atoms. The van der Waals surface area contributed by atoms with Crippen LogP contribution in [0.2, 0.25) is 0 Å². The lowest BCUT2D eigenvalue weighted by Crippen LogP contribution is -2.53. The number of carbonyl (C=O) groups is 4. The summed E-state index contributed by atoms with van der Waals surface area (Å²) in [4.78, 5) is 48.8. The highest BCUT2D eigenvalue weighted by atomic mass is 16.5. The van der Waals surface area contributed by atoms with Gasteiger partial charge in [0, 0.05) is 13.0 Å². The number of nitrogens with two attached hydrogens (primary N) is 1. The first-order valence-electron chi connectivity index (χ1n) is 11.1. The number of alkyl carbamates (subject to hydrolysis) is 1. The molecular formula is C24H30N6O5. The van der Waals surface area contributed by atoms with Crippen molar-refractivity contribution in [3.63, 3.8) is 0 Å². The molecule has 2 aromatic rings. The Bertz CT molecular complexity index is 986. The van der Waals surface area contributed by atoms with Gasteiger partial charge in [0.25, 0.3) is 0 Å². The molecule has 186 valence electrons. The summed E-state index contributed by atoms with van der Waals surface area (Å²) in [5, 5.41) is 10.7. The largest absolute Gasteiger partial charge is 0.445 e. The van der Waals surface area contributed by atoms with Gasteiger partial charge in [-0.1, -0.05) is 60.7 Å². The van der Waals surface area contributed by atoms with Crippen LogP contribution < -0.4 is 21.7 Å². The predicted octanol–water partition coefficient (Wildman–Crippen LogP) is 2.06. The van der Waals surface area contributed by atoms with Crippen molar-refractivity contribution >= 4 is 23.8 Å². The number of urea groups is 1. The summed E-state index contributed by atoms with van der Waals surface area (Å²) in [6, 6.07) is 15.5. The average Bonchev–Trinajstić information content (AvgIpc) is 2.85. The molecule has 2 atom stereocenters. The fourth-order valence-corrected chi connectivity index (χ4v) is 3.26. The van der Waals surface area contributed by atoms with Crippen LogP contribution in [-0.2, 0) is 27.4 Å². The fourth-order valence-electron chi connectivity index (χ4n) is 3.26. The van der Waals surface area contributed by atoms with E-state index in [0.717, 1.165) is 11.1 Å². The van der Waals surface area contributed by atoms with Crippen molar-refractivity contribution in [2.45, 2.75) is 38.0 Å². The molecule has 0 heterocycles. The van der Waals surface area contributed by atoms with Crippen LogP contribution in [-0.4, -0.2) is 49.0 Å². The highest BCUT2D eigenvalue weighted by Gasteiger charge is 2.27. The van der Waals surface area contributed by atoms with Gasteiger partial charge >= 0.3 is 12.1 Å². The van der Waals surface area contributed by atoms with E-state index in [1.165, 1.54) is 0 Å².